The van der Waals surface area contributed by atoms with E-state index in [0.717, 1.165) is 19.4 Å². The van der Waals surface area contributed by atoms with Crippen molar-refractivity contribution in [1.82, 2.24) is 19.4 Å². The van der Waals surface area contributed by atoms with Crippen molar-refractivity contribution in [3.8, 4) is 0 Å². The van der Waals surface area contributed by atoms with E-state index in [0.29, 0.717) is 22.4 Å². The molecule has 2 aromatic rings. The zero-order chi connectivity index (χ0) is 25.2. The Labute approximate surface area is 232 Å². The van der Waals surface area contributed by atoms with Gasteiger partial charge >= 0.3 is 39.8 Å². The van der Waals surface area contributed by atoms with Gasteiger partial charge in [0, 0.05) is 19.3 Å². The number of halogens is 1. The number of amides is 1. The van der Waals surface area contributed by atoms with Crippen molar-refractivity contribution >= 4 is 21.8 Å². The molecule has 0 spiro atoms. The number of likely N-dealkylation sites (tertiary alicyclic amines) is 1. The number of benzene rings is 1. The average Bonchev–Trinajstić information content (AvgIpc) is 3.33. The molecule has 2 heterocycles. The monoisotopic (exact) mass is 517 g/mol. The molecule has 1 amide bonds. The van der Waals surface area contributed by atoms with Crippen molar-refractivity contribution in [2.75, 3.05) is 24.4 Å². The van der Waals surface area contributed by atoms with Gasteiger partial charge in [0.2, 0.25) is 5.91 Å². The molecule has 1 aliphatic heterocycles. The van der Waals surface area contributed by atoms with Crippen LogP contribution in [0.4, 0.5) is 10.1 Å². The first kappa shape index (κ1) is 29.8. The summed E-state index contributed by atoms with van der Waals surface area (Å²) in [4.78, 5) is 15.0. The Balaban J connectivity index is 0.00000324. The van der Waals surface area contributed by atoms with Crippen LogP contribution >= 0.6 is 0 Å². The number of nitrogens with one attached hydrogen (secondary N) is 1. The quantitative estimate of drug-likeness (QED) is 0.488. The van der Waals surface area contributed by atoms with Gasteiger partial charge in [-0.1, -0.05) is 39.8 Å². The fourth-order valence-corrected chi connectivity index (χ4v) is 5.59. The molecule has 1 atom stereocenters. The van der Waals surface area contributed by atoms with E-state index in [-0.39, 0.29) is 67.6 Å². The van der Waals surface area contributed by atoms with Crippen molar-refractivity contribution in [1.29, 1.82) is 0 Å². The molecule has 0 unspecified atom stereocenters. The van der Waals surface area contributed by atoms with Crippen LogP contribution in [0.25, 0.3) is 0 Å². The third-order valence-electron chi connectivity index (χ3n) is 6.36. The van der Waals surface area contributed by atoms with Crippen molar-refractivity contribution in [2.24, 2.45) is 7.05 Å². The van der Waals surface area contributed by atoms with Gasteiger partial charge in [-0.05, 0) is 55.0 Å². The minimum atomic E-state index is -4.17. The molecule has 1 aromatic carbocycles. The number of aryl methyl sites for hydroxylation is 1. The zero-order valence-electron chi connectivity index (χ0n) is 22.9. The molecule has 1 aliphatic rings. The van der Waals surface area contributed by atoms with Gasteiger partial charge in [-0.25, -0.2) is 13.4 Å². The molecule has 8 nitrogen and oxygen atoms in total. The maximum absolute atomic E-state index is 14.9. The minimum absolute atomic E-state index is 0. The summed E-state index contributed by atoms with van der Waals surface area (Å²) >= 11 is 0. The van der Waals surface area contributed by atoms with Crippen molar-refractivity contribution in [2.45, 2.75) is 64.8 Å². The van der Waals surface area contributed by atoms with Crippen molar-refractivity contribution in [3.05, 3.63) is 47.0 Å². The van der Waals surface area contributed by atoms with Gasteiger partial charge in [0.15, 0.2) is 0 Å². The van der Waals surface area contributed by atoms with Crippen LogP contribution in [-0.2, 0) is 28.5 Å². The second-order valence-electron chi connectivity index (χ2n) is 9.78. The van der Waals surface area contributed by atoms with Gasteiger partial charge in [0.05, 0.1) is 24.8 Å². The van der Waals surface area contributed by atoms with E-state index in [1.807, 2.05) is 34.7 Å². The van der Waals surface area contributed by atoms with Gasteiger partial charge in [0.1, 0.15) is 5.82 Å². The number of anilines is 1. The Morgan fingerprint density at radius 1 is 1.23 bits per heavy atom. The molecular formula is C24H37FN5NaO3S. The number of hydrogen-bond donors (Lipinski definition) is 1. The summed E-state index contributed by atoms with van der Waals surface area (Å²) in [7, 11) is -0.494. The molecule has 1 aromatic heterocycles. The predicted molar refractivity (Wildman–Crippen MR) is 133 cm³/mol. The number of aromatic nitrogens is 2. The van der Waals surface area contributed by atoms with Crippen molar-refractivity contribution in [3.63, 3.8) is 0 Å². The summed E-state index contributed by atoms with van der Waals surface area (Å²) < 4.78 is 46.5. The number of nitrogens with zero attached hydrogens (tertiary/aromatic N) is 4. The maximum atomic E-state index is 14.9. The molecule has 1 N–H and O–H groups in total. The van der Waals surface area contributed by atoms with Crippen LogP contribution in [0.3, 0.4) is 0 Å². The number of carbonyl (C=O) groups is 1. The van der Waals surface area contributed by atoms with Gasteiger partial charge in [-0.3, -0.25) is 9.48 Å². The molecule has 1 saturated heterocycles. The number of carbonyl (C=O) groups excluding carboxylic acids is 1. The van der Waals surface area contributed by atoms with Gasteiger partial charge in [-0.15, -0.1) is 0 Å². The van der Waals surface area contributed by atoms with Gasteiger partial charge in [0.25, 0.3) is 0 Å². The molecule has 0 aliphatic carbocycles. The Bertz CT molecular complexity index is 1110. The molecular weight excluding hydrogens is 480 g/mol. The van der Waals surface area contributed by atoms with Crippen LogP contribution in [0, 0.1) is 5.82 Å². The summed E-state index contributed by atoms with van der Waals surface area (Å²) in [6.45, 7) is 8.69. The largest absolute Gasteiger partial charge is 1.00 e. The molecule has 0 saturated carbocycles. The molecule has 11 heteroatoms. The van der Waals surface area contributed by atoms with Gasteiger partial charge < -0.3 is 6.33 Å². The fourth-order valence-electron chi connectivity index (χ4n) is 4.38. The molecule has 35 heavy (non-hydrogen) atoms. The van der Waals surface area contributed by atoms with Crippen LogP contribution in [-0.4, -0.2) is 55.2 Å². The third-order valence-corrected chi connectivity index (χ3v) is 7.78. The van der Waals surface area contributed by atoms with E-state index in [2.05, 4.69) is 14.7 Å². The second kappa shape index (κ2) is 12.2. The van der Waals surface area contributed by atoms with E-state index < -0.39 is 16.1 Å². The Morgan fingerprint density at radius 3 is 2.29 bits per heavy atom. The first-order valence-electron chi connectivity index (χ1n) is 11.7. The first-order chi connectivity index (χ1) is 15.9. The van der Waals surface area contributed by atoms with Crippen LogP contribution < -0.4 is 38.6 Å². The van der Waals surface area contributed by atoms with Gasteiger partial charge in [-0.2, -0.15) is 13.5 Å². The Morgan fingerprint density at radius 2 is 1.83 bits per heavy atom. The SMILES string of the molecule is CC(C)c1cc(CC(=O)NS(=O)(=O)N(C[C@@H]2CCCN2C)c2cnn(C)c2)cc(C(C)C)c1F.[H-].[Na+]. The molecule has 0 bridgehead atoms. The van der Waals surface area contributed by atoms with E-state index >= 15 is 0 Å². The summed E-state index contributed by atoms with van der Waals surface area (Å²) in [6, 6.07) is 3.36. The van der Waals surface area contributed by atoms with Crippen LogP contribution in [0.1, 0.15) is 70.5 Å². The third kappa shape index (κ3) is 7.29. The fraction of sp³-hybridized carbons (Fsp3) is 0.583. The topological polar surface area (TPSA) is 87.5 Å². The Kier molecular flexibility index (Phi) is 10.4. The first-order valence-corrected chi connectivity index (χ1v) is 13.2. The van der Waals surface area contributed by atoms with Crippen molar-refractivity contribution < 1.29 is 48.6 Å². The predicted octanol–water partition coefficient (Wildman–Crippen LogP) is 0.427. The average molecular weight is 518 g/mol. The van der Waals surface area contributed by atoms with E-state index in [4.69, 9.17) is 0 Å². The summed E-state index contributed by atoms with van der Waals surface area (Å²) in [5.41, 5.74) is 2.04. The van der Waals surface area contributed by atoms with E-state index in [9.17, 15) is 17.6 Å². The maximum Gasteiger partial charge on any atom is 1.00 e. The molecule has 0 radical (unpaired) electrons. The second-order valence-corrected chi connectivity index (χ2v) is 11.4. The van der Waals surface area contributed by atoms with E-state index in [1.54, 1.807) is 25.4 Å². The summed E-state index contributed by atoms with van der Waals surface area (Å²) in [5.74, 6) is -1.04. The van der Waals surface area contributed by atoms with Crippen LogP contribution in [0.5, 0.6) is 0 Å². The molecule has 190 valence electrons. The Hall–Kier alpha value is -1.46. The van der Waals surface area contributed by atoms with E-state index in [1.165, 1.54) is 15.2 Å². The smallest absolute Gasteiger partial charge is 1.00 e. The summed E-state index contributed by atoms with van der Waals surface area (Å²) in [5, 5.41) is 4.10. The standard InChI is InChI=1S/C24H36FN5O3S.Na.H/c1-16(2)21-10-18(11-22(17(3)4)24(21)25)12-23(31)27-34(32,33)30(20-13-26-29(6)14-20)15-19-8-7-9-28(19)5;;/h10-11,13-14,16-17,19H,7-9,12,15H2,1-6H3,(H,27,31);;/q;+1;-1/t19-;;/m0../s1. The summed E-state index contributed by atoms with van der Waals surface area (Å²) in [6.07, 6.45) is 4.80. The normalized spacial score (nSPS) is 16.5. The number of rotatable bonds is 9. The zero-order valence-corrected chi connectivity index (χ0v) is 24.7. The number of hydrogen-bond acceptors (Lipinski definition) is 5. The molecule has 3 rings (SSSR count). The minimum Gasteiger partial charge on any atom is -1.00 e. The number of likely N-dealkylation sites (N-methyl/N-ethyl adjacent to an activating group) is 1. The van der Waals surface area contributed by atoms with Crippen LogP contribution in [0.15, 0.2) is 24.5 Å². The molecule has 1 fully saturated rings. The van der Waals surface area contributed by atoms with Crippen LogP contribution in [0.2, 0.25) is 0 Å².